The van der Waals surface area contributed by atoms with Gasteiger partial charge in [0, 0.05) is 38.1 Å². The zero-order chi connectivity index (χ0) is 15.6. The predicted molar refractivity (Wildman–Crippen MR) is 89.8 cm³/mol. The van der Waals surface area contributed by atoms with Crippen LogP contribution in [0.25, 0.3) is 10.2 Å². The molecule has 1 aliphatic rings. The van der Waals surface area contributed by atoms with Gasteiger partial charge in [0.05, 0.1) is 16.8 Å². The van der Waals surface area contributed by atoms with E-state index < -0.39 is 0 Å². The third-order valence-electron chi connectivity index (χ3n) is 4.18. The molecule has 3 aromatic rings. The Bertz CT molecular complexity index is 805. The second-order valence-corrected chi connectivity index (χ2v) is 6.81. The minimum atomic E-state index is -0.204. The standard InChI is InChI=1S/C17H17FN4S/c18-13-1-2-14-16(9-13)23-17(21-14)11-22-8-7-20-10-15(22)12-3-5-19-6-4-12/h1-6,9,15,20H,7-8,10-11H2. The number of hydrogen-bond acceptors (Lipinski definition) is 5. The van der Waals surface area contributed by atoms with Crippen molar-refractivity contribution >= 4 is 21.6 Å². The van der Waals surface area contributed by atoms with Crippen LogP contribution in [0.4, 0.5) is 4.39 Å². The predicted octanol–water partition coefficient (Wildman–Crippen LogP) is 2.98. The minimum Gasteiger partial charge on any atom is -0.314 e. The van der Waals surface area contributed by atoms with Crippen molar-refractivity contribution in [2.75, 3.05) is 19.6 Å². The monoisotopic (exact) mass is 328 g/mol. The van der Waals surface area contributed by atoms with Crippen molar-refractivity contribution in [3.05, 3.63) is 59.1 Å². The van der Waals surface area contributed by atoms with E-state index in [0.717, 1.165) is 41.4 Å². The Balaban J connectivity index is 1.59. The Morgan fingerprint density at radius 1 is 1.26 bits per heavy atom. The topological polar surface area (TPSA) is 41.1 Å². The van der Waals surface area contributed by atoms with Crippen LogP contribution in [-0.4, -0.2) is 34.5 Å². The minimum absolute atomic E-state index is 0.204. The maximum Gasteiger partial charge on any atom is 0.124 e. The molecule has 0 radical (unpaired) electrons. The molecule has 0 bridgehead atoms. The van der Waals surface area contributed by atoms with Crippen LogP contribution in [0.5, 0.6) is 0 Å². The molecule has 1 aromatic carbocycles. The van der Waals surface area contributed by atoms with Crippen molar-refractivity contribution in [1.82, 2.24) is 20.2 Å². The summed E-state index contributed by atoms with van der Waals surface area (Å²) in [5.41, 5.74) is 2.14. The average Bonchev–Trinajstić information content (AvgIpc) is 2.97. The van der Waals surface area contributed by atoms with Gasteiger partial charge in [-0.25, -0.2) is 9.37 Å². The van der Waals surface area contributed by atoms with E-state index in [4.69, 9.17) is 0 Å². The summed E-state index contributed by atoms with van der Waals surface area (Å²) in [5.74, 6) is -0.204. The van der Waals surface area contributed by atoms with E-state index in [2.05, 4.69) is 32.3 Å². The molecule has 1 fully saturated rings. The highest BCUT2D eigenvalue weighted by molar-refractivity contribution is 7.18. The fourth-order valence-electron chi connectivity index (χ4n) is 3.04. The van der Waals surface area contributed by atoms with Gasteiger partial charge in [-0.2, -0.15) is 0 Å². The lowest BCUT2D eigenvalue weighted by molar-refractivity contribution is 0.153. The molecule has 118 valence electrons. The highest BCUT2D eigenvalue weighted by Gasteiger charge is 2.24. The number of nitrogens with one attached hydrogen (secondary N) is 1. The Hall–Kier alpha value is -1.89. The second-order valence-electron chi connectivity index (χ2n) is 5.69. The first kappa shape index (κ1) is 14.7. The summed E-state index contributed by atoms with van der Waals surface area (Å²) >= 11 is 1.58. The van der Waals surface area contributed by atoms with E-state index in [-0.39, 0.29) is 5.82 Å². The Morgan fingerprint density at radius 2 is 2.13 bits per heavy atom. The molecule has 23 heavy (non-hydrogen) atoms. The zero-order valence-corrected chi connectivity index (χ0v) is 13.4. The maximum atomic E-state index is 13.3. The molecule has 2 aromatic heterocycles. The summed E-state index contributed by atoms with van der Waals surface area (Å²) in [5, 5.41) is 4.49. The molecule has 1 atom stereocenters. The normalized spacial score (nSPS) is 19.3. The van der Waals surface area contributed by atoms with Crippen LogP contribution in [0.2, 0.25) is 0 Å². The van der Waals surface area contributed by atoms with E-state index in [1.807, 2.05) is 12.4 Å². The van der Waals surface area contributed by atoms with Gasteiger partial charge in [-0.1, -0.05) is 0 Å². The highest BCUT2D eigenvalue weighted by Crippen LogP contribution is 2.28. The maximum absolute atomic E-state index is 13.3. The molecule has 1 saturated heterocycles. The molecule has 0 spiro atoms. The number of thiazole rings is 1. The van der Waals surface area contributed by atoms with Gasteiger partial charge in [0.25, 0.3) is 0 Å². The molecule has 6 heteroatoms. The molecule has 4 nitrogen and oxygen atoms in total. The largest absolute Gasteiger partial charge is 0.314 e. The quantitative estimate of drug-likeness (QED) is 0.802. The number of rotatable bonds is 3. The van der Waals surface area contributed by atoms with Crippen molar-refractivity contribution in [1.29, 1.82) is 0 Å². The number of benzene rings is 1. The zero-order valence-electron chi connectivity index (χ0n) is 12.6. The van der Waals surface area contributed by atoms with Crippen LogP contribution in [0.15, 0.2) is 42.7 Å². The first-order valence-corrected chi connectivity index (χ1v) is 8.51. The number of nitrogens with zero attached hydrogens (tertiary/aromatic N) is 3. The molecule has 0 saturated carbocycles. The summed E-state index contributed by atoms with van der Waals surface area (Å²) in [6.07, 6.45) is 3.67. The van der Waals surface area contributed by atoms with E-state index in [1.54, 1.807) is 23.5 Å². The second kappa shape index (κ2) is 6.31. The van der Waals surface area contributed by atoms with Gasteiger partial charge in [0.1, 0.15) is 10.8 Å². The third-order valence-corrected chi connectivity index (χ3v) is 5.18. The van der Waals surface area contributed by atoms with Crippen molar-refractivity contribution in [2.24, 2.45) is 0 Å². The number of aromatic nitrogens is 2. The molecular formula is C17H17FN4S. The van der Waals surface area contributed by atoms with Gasteiger partial charge in [-0.15, -0.1) is 11.3 Å². The lowest BCUT2D eigenvalue weighted by atomic mass is 10.0. The van der Waals surface area contributed by atoms with Crippen molar-refractivity contribution in [3.63, 3.8) is 0 Å². The third kappa shape index (κ3) is 3.10. The molecule has 1 aliphatic heterocycles. The van der Waals surface area contributed by atoms with Crippen LogP contribution in [0.3, 0.4) is 0 Å². The summed E-state index contributed by atoms with van der Waals surface area (Å²) in [6.45, 7) is 3.65. The number of fused-ring (bicyclic) bond motifs is 1. The van der Waals surface area contributed by atoms with Gasteiger partial charge in [0.2, 0.25) is 0 Å². The summed E-state index contributed by atoms with van der Waals surface area (Å²) in [7, 11) is 0. The van der Waals surface area contributed by atoms with E-state index in [1.165, 1.54) is 11.6 Å². The summed E-state index contributed by atoms with van der Waals surface area (Å²) in [4.78, 5) is 11.2. The summed E-state index contributed by atoms with van der Waals surface area (Å²) < 4.78 is 14.3. The van der Waals surface area contributed by atoms with Crippen molar-refractivity contribution in [3.8, 4) is 0 Å². The van der Waals surface area contributed by atoms with E-state index >= 15 is 0 Å². The van der Waals surface area contributed by atoms with Gasteiger partial charge in [-0.3, -0.25) is 9.88 Å². The first-order valence-electron chi connectivity index (χ1n) is 7.69. The molecule has 1 N–H and O–H groups in total. The molecule has 4 rings (SSSR count). The number of pyridine rings is 1. The fourth-order valence-corrected chi connectivity index (χ4v) is 4.06. The Kier molecular flexibility index (Phi) is 4.03. The van der Waals surface area contributed by atoms with Crippen LogP contribution >= 0.6 is 11.3 Å². The van der Waals surface area contributed by atoms with Gasteiger partial charge >= 0.3 is 0 Å². The lowest BCUT2D eigenvalue weighted by Crippen LogP contribution is -2.45. The van der Waals surface area contributed by atoms with Crippen LogP contribution in [-0.2, 0) is 6.54 Å². The highest BCUT2D eigenvalue weighted by atomic mass is 32.1. The molecule has 0 aliphatic carbocycles. The summed E-state index contributed by atoms with van der Waals surface area (Å²) in [6, 6.07) is 9.24. The van der Waals surface area contributed by atoms with Gasteiger partial charge in [-0.05, 0) is 35.9 Å². The Morgan fingerprint density at radius 3 is 3.00 bits per heavy atom. The van der Waals surface area contributed by atoms with Gasteiger partial charge < -0.3 is 5.32 Å². The number of hydrogen-bond donors (Lipinski definition) is 1. The number of halogens is 1. The van der Waals surface area contributed by atoms with Crippen molar-refractivity contribution < 1.29 is 4.39 Å². The van der Waals surface area contributed by atoms with Gasteiger partial charge in [0.15, 0.2) is 0 Å². The molecule has 0 amide bonds. The number of piperazine rings is 1. The first-order chi connectivity index (χ1) is 11.3. The van der Waals surface area contributed by atoms with Crippen molar-refractivity contribution in [2.45, 2.75) is 12.6 Å². The van der Waals surface area contributed by atoms with E-state index in [0.29, 0.717) is 6.04 Å². The molecule has 3 heterocycles. The molecular weight excluding hydrogens is 311 g/mol. The van der Waals surface area contributed by atoms with Crippen LogP contribution in [0, 0.1) is 5.82 Å². The smallest absolute Gasteiger partial charge is 0.124 e. The van der Waals surface area contributed by atoms with Crippen LogP contribution in [0.1, 0.15) is 16.6 Å². The lowest BCUT2D eigenvalue weighted by Gasteiger charge is -2.35. The van der Waals surface area contributed by atoms with Crippen LogP contribution < -0.4 is 5.32 Å². The fraction of sp³-hybridized carbons (Fsp3) is 0.294. The average molecular weight is 328 g/mol. The SMILES string of the molecule is Fc1ccc2nc(CN3CCNCC3c3ccncc3)sc2c1. The van der Waals surface area contributed by atoms with E-state index in [9.17, 15) is 4.39 Å². The Labute approximate surface area is 138 Å². The molecule has 1 unspecified atom stereocenters.